The zero-order valence-electron chi connectivity index (χ0n) is 16.5. The second kappa shape index (κ2) is 6.85. The van der Waals surface area contributed by atoms with Crippen LogP contribution in [0.25, 0.3) is 22.3 Å². The van der Waals surface area contributed by atoms with Gasteiger partial charge in [0.05, 0.1) is 47.5 Å². The van der Waals surface area contributed by atoms with Crippen LogP contribution in [0.2, 0.25) is 0 Å². The summed E-state index contributed by atoms with van der Waals surface area (Å²) >= 11 is 0. The van der Waals surface area contributed by atoms with Gasteiger partial charge in [-0.25, -0.2) is 15.0 Å². The van der Waals surface area contributed by atoms with E-state index in [2.05, 4.69) is 35.1 Å². The first kappa shape index (κ1) is 18.1. The lowest BCUT2D eigenvalue weighted by atomic mass is 10.2. The minimum atomic E-state index is -0.679. The fraction of sp³-hybridized carbons (Fsp3) is 0.200. The van der Waals surface area contributed by atoms with Gasteiger partial charge in [0, 0.05) is 31.9 Å². The molecule has 1 aliphatic rings. The van der Waals surface area contributed by atoms with Gasteiger partial charge in [0.25, 0.3) is 5.91 Å². The van der Waals surface area contributed by atoms with Crippen molar-refractivity contribution in [3.05, 3.63) is 54.1 Å². The van der Waals surface area contributed by atoms with E-state index in [9.17, 15) is 4.79 Å². The zero-order valence-corrected chi connectivity index (χ0v) is 16.5. The van der Waals surface area contributed by atoms with Crippen molar-refractivity contribution in [3.63, 3.8) is 0 Å². The summed E-state index contributed by atoms with van der Waals surface area (Å²) in [6, 6.07) is 2.00. The quantitative estimate of drug-likeness (QED) is 0.528. The molecule has 3 N–H and O–H groups in total. The number of primary amides is 1. The van der Waals surface area contributed by atoms with E-state index in [4.69, 9.17) is 5.73 Å². The number of aromatic nitrogens is 6. The number of anilines is 2. The van der Waals surface area contributed by atoms with Gasteiger partial charge < -0.3 is 15.6 Å². The van der Waals surface area contributed by atoms with Crippen molar-refractivity contribution in [1.29, 1.82) is 0 Å². The number of imidazole rings is 1. The van der Waals surface area contributed by atoms with Crippen LogP contribution >= 0.6 is 0 Å². The normalized spacial score (nSPS) is 13.5. The first-order valence-corrected chi connectivity index (χ1v) is 9.35. The molecule has 150 valence electrons. The van der Waals surface area contributed by atoms with Crippen LogP contribution in [0.5, 0.6) is 0 Å². The summed E-state index contributed by atoms with van der Waals surface area (Å²) in [6.45, 7) is 1.65. The molecular weight excluding hydrogens is 382 g/mol. The van der Waals surface area contributed by atoms with Crippen LogP contribution in [-0.2, 0) is 20.1 Å². The fourth-order valence-corrected chi connectivity index (χ4v) is 3.64. The van der Waals surface area contributed by atoms with E-state index in [0.29, 0.717) is 11.3 Å². The number of aryl methyl sites for hydroxylation is 1. The summed E-state index contributed by atoms with van der Waals surface area (Å²) in [6.07, 6.45) is 8.37. The largest absolute Gasteiger partial charge is 0.364 e. The second-order valence-corrected chi connectivity index (χ2v) is 7.35. The first-order chi connectivity index (χ1) is 14.5. The van der Waals surface area contributed by atoms with E-state index < -0.39 is 5.91 Å². The lowest BCUT2D eigenvalue weighted by Crippen LogP contribution is -2.17. The Hall–Kier alpha value is -3.92. The van der Waals surface area contributed by atoms with Crippen molar-refractivity contribution in [3.8, 4) is 11.3 Å². The molecule has 1 aliphatic heterocycles. The van der Waals surface area contributed by atoms with E-state index in [0.717, 1.165) is 41.1 Å². The molecule has 4 aromatic rings. The lowest BCUT2D eigenvalue weighted by Gasteiger charge is -2.11. The molecule has 4 aromatic heterocycles. The summed E-state index contributed by atoms with van der Waals surface area (Å²) in [4.78, 5) is 36.3. The number of nitrogens with zero attached hydrogens (tertiary/aromatic N) is 7. The molecule has 0 bridgehead atoms. The average Bonchev–Trinajstić information content (AvgIpc) is 3.29. The van der Waals surface area contributed by atoms with Crippen molar-refractivity contribution in [2.75, 3.05) is 12.4 Å². The summed E-state index contributed by atoms with van der Waals surface area (Å²) in [5, 5.41) is 3.13. The van der Waals surface area contributed by atoms with E-state index in [1.54, 1.807) is 31.1 Å². The molecule has 10 nitrogen and oxygen atoms in total. The average molecular weight is 401 g/mol. The molecule has 0 saturated carbocycles. The number of amides is 1. The molecule has 0 spiro atoms. The van der Waals surface area contributed by atoms with Crippen LogP contribution in [0.15, 0.2) is 37.2 Å². The highest BCUT2D eigenvalue weighted by atomic mass is 16.1. The maximum absolute atomic E-state index is 12.1. The summed E-state index contributed by atoms with van der Waals surface area (Å²) in [5.74, 6) is -0.401. The van der Waals surface area contributed by atoms with Crippen molar-refractivity contribution in [2.45, 2.75) is 13.1 Å². The smallest absolute Gasteiger partial charge is 0.271 e. The van der Waals surface area contributed by atoms with E-state index in [1.807, 2.05) is 24.7 Å². The van der Waals surface area contributed by atoms with E-state index >= 15 is 0 Å². The van der Waals surface area contributed by atoms with Crippen LogP contribution in [0.3, 0.4) is 0 Å². The van der Waals surface area contributed by atoms with Crippen molar-refractivity contribution in [1.82, 2.24) is 34.4 Å². The van der Waals surface area contributed by atoms with Gasteiger partial charge in [-0.1, -0.05) is 0 Å². The Labute approximate surface area is 171 Å². The van der Waals surface area contributed by atoms with Gasteiger partial charge in [0.15, 0.2) is 11.5 Å². The van der Waals surface area contributed by atoms with Gasteiger partial charge in [-0.05, 0) is 18.7 Å². The number of nitrogens with one attached hydrogen (secondary N) is 1. The van der Waals surface area contributed by atoms with Crippen LogP contribution < -0.4 is 11.1 Å². The Morgan fingerprint density at radius 3 is 2.80 bits per heavy atom. The fourth-order valence-electron chi connectivity index (χ4n) is 3.64. The summed E-state index contributed by atoms with van der Waals surface area (Å²) in [7, 11) is 3.93. The summed E-state index contributed by atoms with van der Waals surface area (Å²) in [5.41, 5.74) is 11.3. The minimum Gasteiger partial charge on any atom is -0.364 e. The summed E-state index contributed by atoms with van der Waals surface area (Å²) < 4.78 is 1.86. The monoisotopic (exact) mass is 401 g/mol. The number of carbonyl (C=O) groups is 1. The minimum absolute atomic E-state index is 0.0399. The predicted octanol–water partition coefficient (Wildman–Crippen LogP) is 1.61. The van der Waals surface area contributed by atoms with Crippen LogP contribution in [0.4, 0.5) is 11.5 Å². The third-order valence-electron chi connectivity index (χ3n) is 5.10. The number of rotatable bonds is 4. The predicted molar refractivity (Wildman–Crippen MR) is 111 cm³/mol. The molecule has 5 rings (SSSR count). The van der Waals surface area contributed by atoms with Gasteiger partial charge in [0.1, 0.15) is 5.52 Å². The Morgan fingerprint density at radius 2 is 1.97 bits per heavy atom. The Balaban J connectivity index is 1.53. The van der Waals surface area contributed by atoms with Gasteiger partial charge in [0.2, 0.25) is 0 Å². The Bertz CT molecular complexity index is 1300. The topological polar surface area (TPSA) is 128 Å². The third kappa shape index (κ3) is 3.03. The van der Waals surface area contributed by atoms with E-state index in [-0.39, 0.29) is 11.5 Å². The van der Waals surface area contributed by atoms with Crippen molar-refractivity contribution < 1.29 is 4.79 Å². The van der Waals surface area contributed by atoms with Crippen LogP contribution in [0.1, 0.15) is 21.7 Å². The molecular formula is C20H19N9O. The molecule has 30 heavy (non-hydrogen) atoms. The van der Waals surface area contributed by atoms with Crippen LogP contribution in [0, 0.1) is 0 Å². The number of fused-ring (bicyclic) bond motifs is 2. The number of pyridine rings is 2. The van der Waals surface area contributed by atoms with Gasteiger partial charge in [-0.2, -0.15) is 0 Å². The molecule has 0 saturated heterocycles. The van der Waals surface area contributed by atoms with Crippen LogP contribution in [-0.4, -0.2) is 47.3 Å². The number of hydrogen-bond donors (Lipinski definition) is 2. The highest BCUT2D eigenvalue weighted by Crippen LogP contribution is 2.28. The third-order valence-corrected chi connectivity index (χ3v) is 5.10. The standard InChI is InChI=1S/C20H19N9O/c1-28-8-11-3-12(4-23-15(11)9-28)26-20-18(19(21)30)27-14(6-24-20)13-5-22-7-16-17(13)25-10-29(16)2/h3-7,10H,8-9H2,1-2H3,(H2,21,30)(H,24,26). The van der Waals surface area contributed by atoms with Crippen molar-refractivity contribution >= 4 is 28.4 Å². The molecule has 0 unspecified atom stereocenters. The van der Waals surface area contributed by atoms with Crippen molar-refractivity contribution in [2.24, 2.45) is 12.8 Å². The number of hydrogen-bond acceptors (Lipinski definition) is 8. The van der Waals surface area contributed by atoms with Gasteiger partial charge in [-0.15, -0.1) is 0 Å². The molecule has 0 radical (unpaired) electrons. The maximum Gasteiger partial charge on any atom is 0.271 e. The molecule has 5 heterocycles. The number of carbonyl (C=O) groups excluding carboxylic acids is 1. The number of nitrogens with two attached hydrogens (primary N) is 1. The molecule has 0 aromatic carbocycles. The molecule has 0 atom stereocenters. The second-order valence-electron chi connectivity index (χ2n) is 7.35. The first-order valence-electron chi connectivity index (χ1n) is 9.35. The highest BCUT2D eigenvalue weighted by Gasteiger charge is 2.20. The molecule has 10 heteroatoms. The van der Waals surface area contributed by atoms with Gasteiger partial charge in [-0.3, -0.25) is 19.7 Å². The highest BCUT2D eigenvalue weighted by molar-refractivity contribution is 5.97. The molecule has 0 fully saturated rings. The molecule has 0 aliphatic carbocycles. The maximum atomic E-state index is 12.1. The zero-order chi connectivity index (χ0) is 20.8. The Morgan fingerprint density at radius 1 is 1.10 bits per heavy atom. The van der Waals surface area contributed by atoms with Gasteiger partial charge >= 0.3 is 0 Å². The van der Waals surface area contributed by atoms with E-state index in [1.165, 1.54) is 0 Å². The Kier molecular flexibility index (Phi) is 4.14. The lowest BCUT2D eigenvalue weighted by molar-refractivity contribution is 0.0996. The SMILES string of the molecule is CN1Cc2cc(Nc3ncc(-c4cncc5c4ncn5C)nc3C(N)=O)cnc2C1. The molecule has 1 amide bonds.